The van der Waals surface area contributed by atoms with E-state index in [-0.39, 0.29) is 5.91 Å². The number of rotatable bonds is 7. The maximum atomic E-state index is 12.2. The Morgan fingerprint density at radius 1 is 1.13 bits per heavy atom. The van der Waals surface area contributed by atoms with Crippen molar-refractivity contribution in [2.75, 3.05) is 23.3 Å². The number of aromatic nitrogens is 4. The van der Waals surface area contributed by atoms with Crippen molar-refractivity contribution in [1.29, 1.82) is 0 Å². The summed E-state index contributed by atoms with van der Waals surface area (Å²) in [5, 5.41) is 9.68. The van der Waals surface area contributed by atoms with Gasteiger partial charge < -0.3 is 9.64 Å². The summed E-state index contributed by atoms with van der Waals surface area (Å²) in [7, 11) is 0. The summed E-state index contributed by atoms with van der Waals surface area (Å²) < 4.78 is 5.71. The summed E-state index contributed by atoms with van der Waals surface area (Å²) in [5.74, 6) is 1.46. The van der Waals surface area contributed by atoms with Crippen LogP contribution in [-0.2, 0) is 11.4 Å². The number of hydrogen-bond acceptors (Lipinski definition) is 6. The number of aromatic amines is 1. The number of hydrogen-bond donors (Lipinski definition) is 2. The van der Waals surface area contributed by atoms with Crippen LogP contribution < -0.4 is 15.0 Å². The minimum atomic E-state index is -0.271. The Bertz CT molecular complexity index is 978. The van der Waals surface area contributed by atoms with Crippen molar-refractivity contribution >= 4 is 23.9 Å². The van der Waals surface area contributed by atoms with Crippen molar-refractivity contribution in [2.24, 2.45) is 0 Å². The number of nitrogens with one attached hydrogen (secondary N) is 2. The fourth-order valence-electron chi connectivity index (χ4n) is 3.19. The molecule has 0 aliphatic carbocycles. The molecule has 2 aromatic heterocycles. The van der Waals surface area contributed by atoms with Gasteiger partial charge in [0.05, 0.1) is 5.69 Å². The fraction of sp³-hybridized carbons (Fsp3) is 0.273. The predicted octanol–water partition coefficient (Wildman–Crippen LogP) is 3.42. The SMILES string of the molecule is O=C(/C=C/c1ccc(OCc2ccccn2)cc1)Nc1nc(N2CCCCC2)n[nH]1. The minimum Gasteiger partial charge on any atom is -0.487 e. The molecule has 8 nitrogen and oxygen atoms in total. The van der Waals surface area contributed by atoms with Gasteiger partial charge in [-0.05, 0) is 55.2 Å². The van der Waals surface area contributed by atoms with Crippen LogP contribution in [-0.4, -0.2) is 39.2 Å². The molecule has 1 aromatic carbocycles. The molecule has 0 bridgehead atoms. The van der Waals surface area contributed by atoms with Crippen LogP contribution in [0.2, 0.25) is 0 Å². The molecule has 154 valence electrons. The highest BCUT2D eigenvalue weighted by Gasteiger charge is 2.15. The van der Waals surface area contributed by atoms with Crippen molar-refractivity contribution < 1.29 is 9.53 Å². The largest absolute Gasteiger partial charge is 0.487 e. The number of pyridine rings is 1. The van der Waals surface area contributed by atoms with E-state index >= 15 is 0 Å². The molecule has 1 amide bonds. The molecule has 1 aliphatic rings. The van der Waals surface area contributed by atoms with Gasteiger partial charge in [-0.2, -0.15) is 4.98 Å². The van der Waals surface area contributed by atoms with Crippen LogP contribution in [0.4, 0.5) is 11.9 Å². The van der Waals surface area contributed by atoms with E-state index in [0.717, 1.165) is 42.9 Å². The molecule has 0 saturated carbocycles. The van der Waals surface area contributed by atoms with Crippen LogP contribution in [0.3, 0.4) is 0 Å². The third kappa shape index (κ3) is 5.44. The van der Waals surface area contributed by atoms with E-state index in [9.17, 15) is 4.79 Å². The maximum Gasteiger partial charge on any atom is 0.250 e. The Hall–Kier alpha value is -3.68. The van der Waals surface area contributed by atoms with Crippen LogP contribution >= 0.6 is 0 Å². The van der Waals surface area contributed by atoms with Gasteiger partial charge in [-0.3, -0.25) is 15.1 Å². The van der Waals surface area contributed by atoms with Gasteiger partial charge in [0.1, 0.15) is 12.4 Å². The first-order valence-corrected chi connectivity index (χ1v) is 10.1. The zero-order chi connectivity index (χ0) is 20.6. The molecular formula is C22H24N6O2. The minimum absolute atomic E-state index is 0.271. The molecule has 3 aromatic rings. The molecule has 0 atom stereocenters. The van der Waals surface area contributed by atoms with Gasteiger partial charge in [0, 0.05) is 25.4 Å². The summed E-state index contributed by atoms with van der Waals surface area (Å²) in [6.07, 6.45) is 8.47. The molecule has 1 saturated heterocycles. The van der Waals surface area contributed by atoms with E-state index < -0.39 is 0 Å². The first kappa shape index (κ1) is 19.6. The molecule has 1 fully saturated rings. The molecule has 0 unspecified atom stereocenters. The Morgan fingerprint density at radius 2 is 1.97 bits per heavy atom. The molecule has 30 heavy (non-hydrogen) atoms. The number of piperidine rings is 1. The molecular weight excluding hydrogens is 380 g/mol. The highest BCUT2D eigenvalue weighted by molar-refractivity contribution is 6.00. The number of amides is 1. The lowest BCUT2D eigenvalue weighted by molar-refractivity contribution is -0.111. The third-order valence-electron chi connectivity index (χ3n) is 4.77. The summed E-state index contributed by atoms with van der Waals surface area (Å²) >= 11 is 0. The molecule has 1 aliphatic heterocycles. The van der Waals surface area contributed by atoms with E-state index in [1.165, 1.54) is 12.5 Å². The second-order valence-electron chi connectivity index (χ2n) is 7.03. The number of carbonyl (C=O) groups excluding carboxylic acids is 1. The van der Waals surface area contributed by atoms with Gasteiger partial charge in [-0.1, -0.05) is 18.2 Å². The normalized spacial score (nSPS) is 14.1. The third-order valence-corrected chi connectivity index (χ3v) is 4.77. The molecule has 8 heteroatoms. The highest BCUT2D eigenvalue weighted by atomic mass is 16.5. The maximum absolute atomic E-state index is 12.2. The standard InChI is InChI=1S/C22H24N6O2/c29-20(24-21-25-22(27-26-21)28-14-4-1-5-15-28)12-9-17-7-10-19(11-8-17)30-16-18-6-2-3-13-23-18/h2-3,6-13H,1,4-5,14-16H2,(H2,24,25,26,27,29)/b12-9+. The van der Waals surface area contributed by atoms with Crippen molar-refractivity contribution in [3.05, 3.63) is 66.0 Å². The lowest BCUT2D eigenvalue weighted by Gasteiger charge is -2.24. The summed E-state index contributed by atoms with van der Waals surface area (Å²) in [6.45, 7) is 2.31. The first-order chi connectivity index (χ1) is 14.8. The zero-order valence-corrected chi connectivity index (χ0v) is 16.6. The second-order valence-corrected chi connectivity index (χ2v) is 7.03. The summed E-state index contributed by atoms with van der Waals surface area (Å²) in [5.41, 5.74) is 1.76. The van der Waals surface area contributed by atoms with E-state index in [2.05, 4.69) is 30.4 Å². The van der Waals surface area contributed by atoms with Crippen molar-refractivity contribution in [3.63, 3.8) is 0 Å². The molecule has 0 spiro atoms. The van der Waals surface area contributed by atoms with Crippen LogP contribution in [0.1, 0.15) is 30.5 Å². The van der Waals surface area contributed by atoms with Gasteiger partial charge in [0.15, 0.2) is 0 Å². The fourth-order valence-corrected chi connectivity index (χ4v) is 3.19. The average molecular weight is 404 g/mol. The Labute approximate surface area is 175 Å². The molecule has 0 radical (unpaired) electrons. The highest BCUT2D eigenvalue weighted by Crippen LogP contribution is 2.17. The van der Waals surface area contributed by atoms with E-state index in [1.807, 2.05) is 42.5 Å². The number of anilines is 2. The van der Waals surface area contributed by atoms with Gasteiger partial charge in [-0.25, -0.2) is 5.10 Å². The Kier molecular flexibility index (Phi) is 6.34. The monoisotopic (exact) mass is 404 g/mol. The number of H-pyrrole nitrogens is 1. The zero-order valence-electron chi connectivity index (χ0n) is 16.6. The van der Waals surface area contributed by atoms with Crippen molar-refractivity contribution in [2.45, 2.75) is 25.9 Å². The Balaban J connectivity index is 1.27. The summed E-state index contributed by atoms with van der Waals surface area (Å²) in [6, 6.07) is 13.2. The second kappa shape index (κ2) is 9.69. The average Bonchev–Trinajstić information content (AvgIpc) is 3.27. The van der Waals surface area contributed by atoms with E-state index in [4.69, 9.17) is 4.74 Å². The number of ether oxygens (including phenoxy) is 1. The smallest absolute Gasteiger partial charge is 0.250 e. The topological polar surface area (TPSA) is 96.0 Å². The van der Waals surface area contributed by atoms with Crippen molar-refractivity contribution in [3.8, 4) is 5.75 Å². The lowest BCUT2D eigenvalue weighted by Crippen LogP contribution is -2.30. The van der Waals surface area contributed by atoms with Crippen LogP contribution in [0.25, 0.3) is 6.08 Å². The van der Waals surface area contributed by atoms with Gasteiger partial charge in [0.25, 0.3) is 5.91 Å². The molecule has 3 heterocycles. The number of carbonyl (C=O) groups is 1. The van der Waals surface area contributed by atoms with Gasteiger partial charge in [0.2, 0.25) is 11.9 Å². The number of nitrogens with zero attached hydrogens (tertiary/aromatic N) is 4. The van der Waals surface area contributed by atoms with Gasteiger partial charge in [-0.15, -0.1) is 5.10 Å². The van der Waals surface area contributed by atoms with Crippen LogP contribution in [0.5, 0.6) is 5.75 Å². The van der Waals surface area contributed by atoms with E-state index in [0.29, 0.717) is 18.5 Å². The number of benzene rings is 1. The summed E-state index contributed by atoms with van der Waals surface area (Å²) in [4.78, 5) is 22.9. The Morgan fingerprint density at radius 3 is 2.73 bits per heavy atom. The quantitative estimate of drug-likeness (QED) is 0.586. The molecule has 2 N–H and O–H groups in total. The molecule has 4 rings (SSSR count). The lowest BCUT2D eigenvalue weighted by atomic mass is 10.1. The predicted molar refractivity (Wildman–Crippen MR) is 115 cm³/mol. The van der Waals surface area contributed by atoms with Crippen molar-refractivity contribution in [1.82, 2.24) is 20.2 Å². The van der Waals surface area contributed by atoms with Crippen LogP contribution in [0.15, 0.2) is 54.7 Å². The first-order valence-electron chi connectivity index (χ1n) is 10.1. The van der Waals surface area contributed by atoms with E-state index in [1.54, 1.807) is 12.3 Å². The van der Waals surface area contributed by atoms with Crippen LogP contribution in [0, 0.1) is 0 Å². The van der Waals surface area contributed by atoms with Gasteiger partial charge >= 0.3 is 0 Å².